The number of rotatable bonds is 2. The molecule has 0 aliphatic carbocycles. The maximum absolute atomic E-state index is 13.3. The molecule has 0 atom stereocenters. The molecule has 0 unspecified atom stereocenters. The van der Waals surface area contributed by atoms with Crippen LogP contribution in [-0.2, 0) is 4.74 Å². The van der Waals surface area contributed by atoms with Crippen LogP contribution < -0.4 is 11.1 Å². The molecule has 0 bridgehead atoms. The zero-order valence-electron chi connectivity index (χ0n) is 10.3. The molecule has 18 heavy (non-hydrogen) atoms. The molecule has 0 saturated carbocycles. The summed E-state index contributed by atoms with van der Waals surface area (Å²) >= 11 is 0. The van der Waals surface area contributed by atoms with E-state index in [9.17, 15) is 14.0 Å². The highest BCUT2D eigenvalue weighted by molar-refractivity contribution is 5.92. The minimum Gasteiger partial charge on any atom is -0.444 e. The Labute approximate surface area is 103 Å². The summed E-state index contributed by atoms with van der Waals surface area (Å²) in [6.45, 7) is 5.09. The molecule has 2 amide bonds. The SMILES string of the molecule is CC(C)(C)OC(=O)Nc1cnc(C(N)=O)c(F)c1. The molecule has 6 nitrogen and oxygen atoms in total. The van der Waals surface area contributed by atoms with E-state index in [1.54, 1.807) is 20.8 Å². The lowest BCUT2D eigenvalue weighted by Gasteiger charge is -2.19. The topological polar surface area (TPSA) is 94.3 Å². The largest absolute Gasteiger partial charge is 0.444 e. The van der Waals surface area contributed by atoms with E-state index in [-0.39, 0.29) is 5.69 Å². The molecule has 0 spiro atoms. The van der Waals surface area contributed by atoms with Crippen LogP contribution in [-0.4, -0.2) is 22.6 Å². The van der Waals surface area contributed by atoms with Crippen molar-refractivity contribution in [3.8, 4) is 0 Å². The predicted molar refractivity (Wildman–Crippen MR) is 62.6 cm³/mol. The van der Waals surface area contributed by atoms with Gasteiger partial charge in [0.15, 0.2) is 11.5 Å². The van der Waals surface area contributed by atoms with Gasteiger partial charge < -0.3 is 10.5 Å². The molecular weight excluding hydrogens is 241 g/mol. The highest BCUT2D eigenvalue weighted by Gasteiger charge is 2.17. The Hall–Kier alpha value is -2.18. The summed E-state index contributed by atoms with van der Waals surface area (Å²) in [5.41, 5.74) is 3.83. The number of anilines is 1. The summed E-state index contributed by atoms with van der Waals surface area (Å²) in [5.74, 6) is -1.88. The van der Waals surface area contributed by atoms with E-state index in [2.05, 4.69) is 10.3 Å². The molecule has 3 N–H and O–H groups in total. The van der Waals surface area contributed by atoms with Gasteiger partial charge in [-0.05, 0) is 20.8 Å². The van der Waals surface area contributed by atoms with Crippen LogP contribution in [0.4, 0.5) is 14.9 Å². The van der Waals surface area contributed by atoms with Crippen molar-refractivity contribution in [3.05, 3.63) is 23.8 Å². The number of amides is 2. The van der Waals surface area contributed by atoms with Crippen LogP contribution in [0.15, 0.2) is 12.3 Å². The van der Waals surface area contributed by atoms with E-state index >= 15 is 0 Å². The minimum absolute atomic E-state index is 0.0757. The Morgan fingerprint density at radius 2 is 2.06 bits per heavy atom. The molecule has 0 aromatic carbocycles. The summed E-state index contributed by atoms with van der Waals surface area (Å²) in [6, 6.07) is 0.941. The number of carbonyl (C=O) groups excluding carboxylic acids is 2. The van der Waals surface area contributed by atoms with Gasteiger partial charge in [-0.2, -0.15) is 0 Å². The van der Waals surface area contributed by atoms with Crippen LogP contribution in [0.1, 0.15) is 31.3 Å². The fraction of sp³-hybridized carbons (Fsp3) is 0.364. The lowest BCUT2D eigenvalue weighted by Crippen LogP contribution is -2.27. The average molecular weight is 255 g/mol. The second-order valence-electron chi connectivity index (χ2n) is 4.55. The van der Waals surface area contributed by atoms with Gasteiger partial charge in [-0.25, -0.2) is 14.2 Å². The molecular formula is C11H14FN3O3. The van der Waals surface area contributed by atoms with E-state index in [4.69, 9.17) is 10.5 Å². The summed E-state index contributed by atoms with van der Waals surface area (Å²) in [5, 5.41) is 2.29. The van der Waals surface area contributed by atoms with Crippen LogP contribution >= 0.6 is 0 Å². The van der Waals surface area contributed by atoms with E-state index < -0.39 is 29.1 Å². The smallest absolute Gasteiger partial charge is 0.412 e. The molecule has 7 heteroatoms. The fourth-order valence-corrected chi connectivity index (χ4v) is 1.11. The minimum atomic E-state index is -0.976. The lowest BCUT2D eigenvalue weighted by atomic mass is 10.2. The molecule has 0 fully saturated rings. The first kappa shape index (κ1) is 13.9. The van der Waals surface area contributed by atoms with E-state index in [1.165, 1.54) is 0 Å². The standard InChI is InChI=1S/C11H14FN3O3/c1-11(2,3)18-10(17)15-6-4-7(12)8(9(13)16)14-5-6/h4-5H,1-3H3,(H2,13,16)(H,15,17). The van der Waals surface area contributed by atoms with Crippen molar-refractivity contribution >= 4 is 17.7 Å². The summed E-state index contributed by atoms with van der Waals surface area (Å²) in [4.78, 5) is 25.6. The van der Waals surface area contributed by atoms with Gasteiger partial charge in [-0.15, -0.1) is 0 Å². The highest BCUT2D eigenvalue weighted by atomic mass is 19.1. The Morgan fingerprint density at radius 1 is 1.44 bits per heavy atom. The molecule has 1 rings (SSSR count). The monoisotopic (exact) mass is 255 g/mol. The first-order chi connectivity index (χ1) is 8.19. The number of nitrogens with two attached hydrogens (primary N) is 1. The lowest BCUT2D eigenvalue weighted by molar-refractivity contribution is 0.0635. The first-order valence-corrected chi connectivity index (χ1v) is 5.14. The van der Waals surface area contributed by atoms with Gasteiger partial charge in [0.1, 0.15) is 5.60 Å². The Bertz CT molecular complexity index is 483. The van der Waals surface area contributed by atoms with Crippen molar-refractivity contribution in [1.82, 2.24) is 4.98 Å². The zero-order chi connectivity index (χ0) is 13.9. The Kier molecular flexibility index (Phi) is 3.85. The molecule has 0 radical (unpaired) electrons. The number of carbonyl (C=O) groups is 2. The van der Waals surface area contributed by atoms with Gasteiger partial charge >= 0.3 is 6.09 Å². The van der Waals surface area contributed by atoms with Crippen molar-refractivity contribution in [3.63, 3.8) is 0 Å². The molecule has 0 aliphatic heterocycles. The molecule has 1 aromatic heterocycles. The number of nitrogens with zero attached hydrogens (tertiary/aromatic N) is 1. The van der Waals surface area contributed by atoms with E-state index in [1.807, 2.05) is 0 Å². The fourth-order valence-electron chi connectivity index (χ4n) is 1.11. The normalized spacial score (nSPS) is 10.9. The van der Waals surface area contributed by atoms with Crippen molar-refractivity contribution in [2.24, 2.45) is 5.73 Å². The highest BCUT2D eigenvalue weighted by Crippen LogP contribution is 2.13. The van der Waals surface area contributed by atoms with Gasteiger partial charge in [0.05, 0.1) is 11.9 Å². The number of ether oxygens (including phenoxy) is 1. The predicted octanol–water partition coefficient (Wildman–Crippen LogP) is 1.67. The first-order valence-electron chi connectivity index (χ1n) is 5.14. The number of hydrogen-bond acceptors (Lipinski definition) is 4. The van der Waals surface area contributed by atoms with Crippen LogP contribution in [0.5, 0.6) is 0 Å². The quantitative estimate of drug-likeness (QED) is 0.840. The van der Waals surface area contributed by atoms with Gasteiger partial charge in [0, 0.05) is 6.07 Å². The maximum atomic E-state index is 13.3. The number of nitrogens with one attached hydrogen (secondary N) is 1. The summed E-state index contributed by atoms with van der Waals surface area (Å²) < 4.78 is 18.3. The molecule has 1 aromatic rings. The van der Waals surface area contributed by atoms with Crippen LogP contribution in [0.2, 0.25) is 0 Å². The van der Waals surface area contributed by atoms with Crippen LogP contribution in [0, 0.1) is 5.82 Å². The van der Waals surface area contributed by atoms with Gasteiger partial charge in [-0.3, -0.25) is 10.1 Å². The van der Waals surface area contributed by atoms with E-state index in [0.29, 0.717) is 0 Å². The third-order valence-electron chi connectivity index (χ3n) is 1.72. The zero-order valence-corrected chi connectivity index (χ0v) is 10.3. The molecule has 0 aliphatic rings. The van der Waals surface area contributed by atoms with Gasteiger partial charge in [0.25, 0.3) is 5.91 Å². The second kappa shape index (κ2) is 4.99. The number of halogens is 1. The maximum Gasteiger partial charge on any atom is 0.412 e. The van der Waals surface area contributed by atoms with Crippen molar-refractivity contribution in [2.45, 2.75) is 26.4 Å². The summed E-state index contributed by atoms with van der Waals surface area (Å²) in [7, 11) is 0. The van der Waals surface area contributed by atoms with Gasteiger partial charge in [0.2, 0.25) is 0 Å². The Morgan fingerprint density at radius 3 is 2.50 bits per heavy atom. The number of hydrogen-bond donors (Lipinski definition) is 2. The number of primary amides is 1. The van der Waals surface area contributed by atoms with Crippen LogP contribution in [0.3, 0.4) is 0 Å². The third kappa shape index (κ3) is 4.00. The second-order valence-corrected chi connectivity index (χ2v) is 4.55. The van der Waals surface area contributed by atoms with Crippen molar-refractivity contribution in [1.29, 1.82) is 0 Å². The van der Waals surface area contributed by atoms with E-state index in [0.717, 1.165) is 12.3 Å². The van der Waals surface area contributed by atoms with Gasteiger partial charge in [-0.1, -0.05) is 0 Å². The van der Waals surface area contributed by atoms with Crippen molar-refractivity contribution < 1.29 is 18.7 Å². The van der Waals surface area contributed by atoms with Crippen molar-refractivity contribution in [2.75, 3.05) is 5.32 Å². The number of pyridine rings is 1. The van der Waals surface area contributed by atoms with Crippen LogP contribution in [0.25, 0.3) is 0 Å². The Balaban J connectivity index is 2.78. The molecule has 1 heterocycles. The average Bonchev–Trinajstić information content (AvgIpc) is 2.13. The summed E-state index contributed by atoms with van der Waals surface area (Å²) in [6.07, 6.45) is 0.378. The third-order valence-corrected chi connectivity index (χ3v) is 1.72. The molecule has 98 valence electrons. The molecule has 0 saturated heterocycles. The number of aromatic nitrogens is 1.